The van der Waals surface area contributed by atoms with Gasteiger partial charge in [0, 0.05) is 36.1 Å². The van der Waals surface area contributed by atoms with Gasteiger partial charge in [0.2, 0.25) is 0 Å². The predicted octanol–water partition coefficient (Wildman–Crippen LogP) is 3.39. The Morgan fingerprint density at radius 1 is 1.35 bits per heavy atom. The molecule has 3 rings (SSSR count). The minimum Gasteiger partial charge on any atom is -0.388 e. The highest BCUT2D eigenvalue weighted by Crippen LogP contribution is 2.36. The van der Waals surface area contributed by atoms with Crippen LogP contribution in [-0.2, 0) is 0 Å². The van der Waals surface area contributed by atoms with Gasteiger partial charge in [-0.1, -0.05) is 18.6 Å². The average Bonchev–Trinajstić information content (AvgIpc) is 2.76. The third-order valence-electron chi connectivity index (χ3n) is 3.57. The van der Waals surface area contributed by atoms with E-state index in [1.54, 1.807) is 0 Å². The van der Waals surface area contributed by atoms with Crippen LogP contribution in [0.2, 0.25) is 0 Å². The first-order valence-corrected chi connectivity index (χ1v) is 6.20. The number of rotatable bonds is 3. The number of hydrogen-bond acceptors (Lipinski definition) is 2. The third-order valence-corrected chi connectivity index (χ3v) is 3.57. The van der Waals surface area contributed by atoms with Crippen LogP contribution < -0.4 is 5.32 Å². The lowest BCUT2D eigenvalue weighted by molar-refractivity contribution is 0.412. The van der Waals surface area contributed by atoms with Crippen LogP contribution in [0, 0.1) is 0 Å². The maximum Gasteiger partial charge on any atom is 0.137 e. The molecule has 1 aliphatic rings. The topological polar surface area (TPSA) is 40.7 Å². The van der Waals surface area contributed by atoms with Crippen LogP contribution in [-0.4, -0.2) is 17.0 Å². The Morgan fingerprint density at radius 3 is 2.94 bits per heavy atom. The number of aromatic amines is 1. The summed E-state index contributed by atoms with van der Waals surface area (Å²) in [6, 6.07) is 8.31. The van der Waals surface area contributed by atoms with Crippen molar-refractivity contribution in [1.29, 1.82) is 0 Å². The van der Waals surface area contributed by atoms with Crippen molar-refractivity contribution >= 4 is 5.69 Å². The maximum absolute atomic E-state index is 4.48. The molecule has 0 aliphatic heterocycles. The lowest BCUT2D eigenvalue weighted by atomic mass is 9.83. The standard InChI is InChI=1S/C14H17N3/c1-15-12-7-3-6-11(8-12)14-16-9-13(17-14)10-4-2-5-10/h3,6-10,15H,2,4-5H2,1H3,(H,16,17). The molecule has 0 saturated heterocycles. The first kappa shape index (κ1) is 10.4. The summed E-state index contributed by atoms with van der Waals surface area (Å²) in [7, 11) is 1.93. The molecule has 88 valence electrons. The van der Waals surface area contributed by atoms with Gasteiger partial charge in [-0.2, -0.15) is 0 Å². The zero-order chi connectivity index (χ0) is 11.7. The second kappa shape index (κ2) is 4.24. The first-order valence-electron chi connectivity index (χ1n) is 6.20. The van der Waals surface area contributed by atoms with Crippen molar-refractivity contribution < 1.29 is 0 Å². The molecule has 0 amide bonds. The highest BCUT2D eigenvalue weighted by Gasteiger charge is 2.21. The third kappa shape index (κ3) is 1.93. The summed E-state index contributed by atoms with van der Waals surface area (Å²) in [5.74, 6) is 1.69. The van der Waals surface area contributed by atoms with E-state index >= 15 is 0 Å². The van der Waals surface area contributed by atoms with Crippen molar-refractivity contribution in [3.8, 4) is 11.4 Å². The number of anilines is 1. The van der Waals surface area contributed by atoms with E-state index in [9.17, 15) is 0 Å². The quantitative estimate of drug-likeness (QED) is 0.843. The molecule has 1 heterocycles. The highest BCUT2D eigenvalue weighted by molar-refractivity contribution is 5.62. The lowest BCUT2D eigenvalue weighted by Gasteiger charge is -2.23. The largest absolute Gasteiger partial charge is 0.388 e. The van der Waals surface area contributed by atoms with E-state index in [-0.39, 0.29) is 0 Å². The van der Waals surface area contributed by atoms with E-state index < -0.39 is 0 Å². The van der Waals surface area contributed by atoms with Gasteiger partial charge in [-0.05, 0) is 25.0 Å². The molecule has 0 atom stereocenters. The Hall–Kier alpha value is -1.77. The molecule has 2 N–H and O–H groups in total. The van der Waals surface area contributed by atoms with Crippen molar-refractivity contribution in [3.63, 3.8) is 0 Å². The molecule has 1 fully saturated rings. The Bertz CT molecular complexity index is 512. The van der Waals surface area contributed by atoms with E-state index in [1.165, 1.54) is 25.0 Å². The van der Waals surface area contributed by atoms with E-state index in [1.807, 2.05) is 19.3 Å². The fourth-order valence-electron chi connectivity index (χ4n) is 2.23. The summed E-state index contributed by atoms with van der Waals surface area (Å²) in [4.78, 5) is 7.93. The van der Waals surface area contributed by atoms with E-state index in [0.29, 0.717) is 5.92 Å². The van der Waals surface area contributed by atoms with Crippen molar-refractivity contribution in [2.24, 2.45) is 0 Å². The zero-order valence-electron chi connectivity index (χ0n) is 10.0. The Labute approximate surface area is 101 Å². The SMILES string of the molecule is CNc1cccc(-c2ncc(C3CCC3)[nH]2)c1. The Morgan fingerprint density at radius 2 is 2.24 bits per heavy atom. The number of aromatic nitrogens is 2. The number of imidazole rings is 1. The van der Waals surface area contributed by atoms with Gasteiger partial charge in [0.1, 0.15) is 5.82 Å². The molecule has 0 radical (unpaired) electrons. The summed E-state index contributed by atoms with van der Waals surface area (Å²) in [6.45, 7) is 0. The molecule has 17 heavy (non-hydrogen) atoms. The number of nitrogens with one attached hydrogen (secondary N) is 2. The molecule has 2 aromatic rings. The fraction of sp³-hybridized carbons (Fsp3) is 0.357. The molecular weight excluding hydrogens is 210 g/mol. The van der Waals surface area contributed by atoms with Crippen LogP contribution in [0.4, 0.5) is 5.69 Å². The van der Waals surface area contributed by atoms with Crippen molar-refractivity contribution in [3.05, 3.63) is 36.2 Å². The summed E-state index contributed by atoms with van der Waals surface area (Å²) in [6.07, 6.45) is 5.95. The molecule has 0 bridgehead atoms. The Balaban J connectivity index is 1.89. The van der Waals surface area contributed by atoms with Gasteiger partial charge >= 0.3 is 0 Å². The lowest BCUT2D eigenvalue weighted by Crippen LogP contribution is -2.08. The fourth-order valence-corrected chi connectivity index (χ4v) is 2.23. The van der Waals surface area contributed by atoms with Crippen LogP contribution in [0.3, 0.4) is 0 Å². The van der Waals surface area contributed by atoms with Gasteiger partial charge in [0.05, 0.1) is 0 Å². The summed E-state index contributed by atoms with van der Waals surface area (Å²) in [5, 5.41) is 3.15. The zero-order valence-corrected chi connectivity index (χ0v) is 10.0. The maximum atomic E-state index is 4.48. The van der Waals surface area contributed by atoms with Crippen LogP contribution in [0.1, 0.15) is 30.9 Å². The number of nitrogens with zero attached hydrogens (tertiary/aromatic N) is 1. The Kier molecular flexibility index (Phi) is 2.59. The normalized spacial score (nSPS) is 15.6. The van der Waals surface area contributed by atoms with Gasteiger partial charge in [-0.15, -0.1) is 0 Å². The molecule has 0 unspecified atom stereocenters. The molecular formula is C14H17N3. The van der Waals surface area contributed by atoms with Crippen molar-refractivity contribution in [2.75, 3.05) is 12.4 Å². The predicted molar refractivity (Wildman–Crippen MR) is 70.2 cm³/mol. The van der Waals surface area contributed by atoms with Gasteiger partial charge in [-0.3, -0.25) is 0 Å². The van der Waals surface area contributed by atoms with E-state index in [0.717, 1.165) is 17.1 Å². The molecule has 0 spiro atoms. The van der Waals surface area contributed by atoms with Crippen LogP contribution >= 0.6 is 0 Å². The number of hydrogen-bond donors (Lipinski definition) is 2. The molecule has 1 aliphatic carbocycles. The van der Waals surface area contributed by atoms with Gasteiger partial charge in [-0.25, -0.2) is 4.98 Å². The molecule has 3 heteroatoms. The highest BCUT2D eigenvalue weighted by atomic mass is 14.9. The minimum atomic E-state index is 0.712. The molecule has 1 aromatic carbocycles. The number of H-pyrrole nitrogens is 1. The average molecular weight is 227 g/mol. The van der Waals surface area contributed by atoms with E-state index in [4.69, 9.17) is 0 Å². The van der Waals surface area contributed by atoms with Crippen LogP contribution in [0.5, 0.6) is 0 Å². The minimum absolute atomic E-state index is 0.712. The smallest absolute Gasteiger partial charge is 0.137 e. The molecule has 1 aromatic heterocycles. The van der Waals surface area contributed by atoms with Gasteiger partial charge in [0.25, 0.3) is 0 Å². The summed E-state index contributed by atoms with van der Waals surface area (Å²) >= 11 is 0. The van der Waals surface area contributed by atoms with E-state index in [2.05, 4.69) is 33.5 Å². The van der Waals surface area contributed by atoms with Gasteiger partial charge in [0.15, 0.2) is 0 Å². The molecule has 1 saturated carbocycles. The van der Waals surface area contributed by atoms with Crippen LogP contribution in [0.15, 0.2) is 30.5 Å². The molecule has 3 nitrogen and oxygen atoms in total. The monoisotopic (exact) mass is 227 g/mol. The second-order valence-corrected chi connectivity index (χ2v) is 4.65. The van der Waals surface area contributed by atoms with Crippen LogP contribution in [0.25, 0.3) is 11.4 Å². The van der Waals surface area contributed by atoms with Crippen molar-refractivity contribution in [1.82, 2.24) is 9.97 Å². The summed E-state index contributed by atoms with van der Waals surface area (Å²) in [5.41, 5.74) is 3.55. The number of benzene rings is 1. The second-order valence-electron chi connectivity index (χ2n) is 4.65. The summed E-state index contributed by atoms with van der Waals surface area (Å²) < 4.78 is 0. The van der Waals surface area contributed by atoms with Crippen molar-refractivity contribution in [2.45, 2.75) is 25.2 Å². The van der Waals surface area contributed by atoms with Gasteiger partial charge < -0.3 is 10.3 Å². The first-order chi connectivity index (χ1) is 8.36.